The molecular weight excluding hydrogens is 340 g/mol. The number of fused-ring (bicyclic) bond motifs is 1. The number of carbonyl (C=O) groups is 1. The van der Waals surface area contributed by atoms with Gasteiger partial charge in [-0.25, -0.2) is 13.1 Å². The standard InChI is InChI=1S/C17H22N4O3S/c1-12-5-7-21(20-12)8-6-18-25(23,24)17-4-3-14-9-16(19-13(2)22)10-15(14)11-17/h3-5,7,11,16,18H,6,8-10H2,1-2H3,(H,19,22)/t16-/m0/s1. The Labute approximate surface area is 147 Å². The summed E-state index contributed by atoms with van der Waals surface area (Å²) in [5.74, 6) is -0.0684. The van der Waals surface area contributed by atoms with Gasteiger partial charge in [0.15, 0.2) is 0 Å². The molecule has 3 rings (SSSR count). The van der Waals surface area contributed by atoms with Crippen LogP contribution in [0.2, 0.25) is 0 Å². The lowest BCUT2D eigenvalue weighted by molar-refractivity contribution is -0.119. The monoisotopic (exact) mass is 362 g/mol. The summed E-state index contributed by atoms with van der Waals surface area (Å²) in [7, 11) is -3.56. The first kappa shape index (κ1) is 17.6. The first-order chi connectivity index (χ1) is 11.8. The van der Waals surface area contributed by atoms with Gasteiger partial charge in [-0.15, -0.1) is 0 Å². The van der Waals surface area contributed by atoms with Crippen molar-refractivity contribution in [3.63, 3.8) is 0 Å². The minimum atomic E-state index is -3.56. The van der Waals surface area contributed by atoms with Crippen molar-refractivity contribution in [2.45, 2.75) is 44.2 Å². The number of sulfonamides is 1. The van der Waals surface area contributed by atoms with Crippen molar-refractivity contribution < 1.29 is 13.2 Å². The molecule has 1 aliphatic carbocycles. The number of carbonyl (C=O) groups excluding carboxylic acids is 1. The van der Waals surface area contributed by atoms with E-state index in [0.29, 0.717) is 13.0 Å². The third kappa shape index (κ3) is 4.26. The number of aromatic nitrogens is 2. The average molecular weight is 362 g/mol. The Kier molecular flexibility index (Phi) is 4.91. The predicted molar refractivity (Wildman–Crippen MR) is 93.6 cm³/mol. The molecule has 1 aliphatic rings. The molecule has 25 heavy (non-hydrogen) atoms. The molecule has 0 saturated heterocycles. The van der Waals surface area contributed by atoms with Crippen molar-refractivity contribution >= 4 is 15.9 Å². The molecule has 0 fully saturated rings. The maximum Gasteiger partial charge on any atom is 0.240 e. The van der Waals surface area contributed by atoms with Crippen LogP contribution < -0.4 is 10.0 Å². The summed E-state index contributed by atoms with van der Waals surface area (Å²) in [5, 5.41) is 7.12. The van der Waals surface area contributed by atoms with E-state index < -0.39 is 10.0 Å². The number of benzene rings is 1. The van der Waals surface area contributed by atoms with Gasteiger partial charge in [0.05, 0.1) is 17.1 Å². The summed E-state index contributed by atoms with van der Waals surface area (Å²) in [5.41, 5.74) is 2.96. The van der Waals surface area contributed by atoms with E-state index in [-0.39, 0.29) is 23.4 Å². The van der Waals surface area contributed by atoms with Gasteiger partial charge in [0, 0.05) is 25.7 Å². The van der Waals surface area contributed by atoms with Crippen molar-refractivity contribution in [1.29, 1.82) is 0 Å². The van der Waals surface area contributed by atoms with Crippen molar-refractivity contribution in [3.05, 3.63) is 47.3 Å². The Bertz CT molecular complexity index is 889. The molecule has 2 N–H and O–H groups in total. The predicted octanol–water partition coefficient (Wildman–Crippen LogP) is 0.773. The Hall–Kier alpha value is -2.19. The second-order valence-corrected chi connectivity index (χ2v) is 8.12. The molecule has 1 amide bonds. The minimum Gasteiger partial charge on any atom is -0.353 e. The van der Waals surface area contributed by atoms with Gasteiger partial charge in [-0.2, -0.15) is 5.10 Å². The van der Waals surface area contributed by atoms with Crippen molar-refractivity contribution in [2.75, 3.05) is 6.54 Å². The quantitative estimate of drug-likeness (QED) is 0.794. The lowest BCUT2D eigenvalue weighted by atomic mass is 10.1. The van der Waals surface area contributed by atoms with Crippen LogP contribution in [-0.4, -0.2) is 36.7 Å². The lowest BCUT2D eigenvalue weighted by Gasteiger charge is -2.09. The van der Waals surface area contributed by atoms with Gasteiger partial charge >= 0.3 is 0 Å². The number of aryl methyl sites for hydroxylation is 1. The molecule has 1 atom stereocenters. The van der Waals surface area contributed by atoms with E-state index in [4.69, 9.17) is 0 Å². The number of hydrogen-bond donors (Lipinski definition) is 2. The van der Waals surface area contributed by atoms with E-state index in [2.05, 4.69) is 15.1 Å². The van der Waals surface area contributed by atoms with Crippen LogP contribution in [0.25, 0.3) is 0 Å². The molecule has 1 heterocycles. The van der Waals surface area contributed by atoms with Crippen LogP contribution in [0.5, 0.6) is 0 Å². The van der Waals surface area contributed by atoms with E-state index >= 15 is 0 Å². The molecule has 0 aliphatic heterocycles. The van der Waals surface area contributed by atoms with Gasteiger partial charge < -0.3 is 5.32 Å². The third-order valence-electron chi connectivity index (χ3n) is 4.24. The molecule has 0 radical (unpaired) electrons. The Morgan fingerprint density at radius 1 is 1.28 bits per heavy atom. The van der Waals surface area contributed by atoms with E-state index in [0.717, 1.165) is 23.2 Å². The number of amides is 1. The van der Waals surface area contributed by atoms with Crippen LogP contribution in [-0.2, 0) is 34.2 Å². The summed E-state index contributed by atoms with van der Waals surface area (Å²) in [4.78, 5) is 11.4. The van der Waals surface area contributed by atoms with Crippen LogP contribution >= 0.6 is 0 Å². The zero-order valence-electron chi connectivity index (χ0n) is 14.3. The summed E-state index contributed by atoms with van der Waals surface area (Å²) < 4.78 is 29.3. The Balaban J connectivity index is 1.64. The zero-order valence-corrected chi connectivity index (χ0v) is 15.1. The fourth-order valence-corrected chi connectivity index (χ4v) is 4.19. The molecule has 0 bridgehead atoms. The molecule has 7 nitrogen and oxygen atoms in total. The average Bonchev–Trinajstić information content (AvgIpc) is 3.11. The van der Waals surface area contributed by atoms with E-state index in [1.807, 2.05) is 25.3 Å². The van der Waals surface area contributed by atoms with E-state index in [1.165, 1.54) is 6.92 Å². The zero-order chi connectivity index (χ0) is 18.0. The fourth-order valence-electron chi connectivity index (χ4n) is 3.12. The first-order valence-corrected chi connectivity index (χ1v) is 9.70. The van der Waals surface area contributed by atoms with E-state index in [1.54, 1.807) is 16.8 Å². The van der Waals surface area contributed by atoms with Gasteiger partial charge in [0.2, 0.25) is 15.9 Å². The highest BCUT2D eigenvalue weighted by Crippen LogP contribution is 2.25. The fraction of sp³-hybridized carbons (Fsp3) is 0.412. The number of hydrogen-bond acceptors (Lipinski definition) is 4. The van der Waals surface area contributed by atoms with Crippen molar-refractivity contribution in [1.82, 2.24) is 19.8 Å². The molecule has 0 spiro atoms. The topological polar surface area (TPSA) is 93.1 Å². The maximum absolute atomic E-state index is 12.5. The van der Waals surface area contributed by atoms with Crippen LogP contribution in [0.1, 0.15) is 23.7 Å². The molecule has 0 saturated carbocycles. The SMILES string of the molecule is CC(=O)N[C@H]1Cc2ccc(S(=O)(=O)NCCn3ccc(C)n3)cc2C1. The summed E-state index contributed by atoms with van der Waals surface area (Å²) >= 11 is 0. The first-order valence-electron chi connectivity index (χ1n) is 8.22. The Morgan fingerprint density at radius 2 is 2.04 bits per heavy atom. The normalized spacial score (nSPS) is 16.6. The largest absolute Gasteiger partial charge is 0.353 e. The van der Waals surface area contributed by atoms with E-state index in [9.17, 15) is 13.2 Å². The molecule has 8 heteroatoms. The Morgan fingerprint density at radius 3 is 2.72 bits per heavy atom. The lowest BCUT2D eigenvalue weighted by Crippen LogP contribution is -2.33. The van der Waals surface area contributed by atoms with Gasteiger partial charge in [0.25, 0.3) is 0 Å². The highest BCUT2D eigenvalue weighted by Gasteiger charge is 2.24. The van der Waals surface area contributed by atoms with Crippen molar-refractivity contribution in [3.8, 4) is 0 Å². The van der Waals surface area contributed by atoms with Crippen LogP contribution in [0.4, 0.5) is 0 Å². The molecule has 2 aromatic rings. The number of nitrogens with zero attached hydrogens (tertiary/aromatic N) is 2. The molecular formula is C17H22N4O3S. The van der Waals surface area contributed by atoms with Gasteiger partial charge in [-0.3, -0.25) is 9.48 Å². The summed E-state index contributed by atoms with van der Waals surface area (Å²) in [6.07, 6.45) is 3.22. The van der Waals surface area contributed by atoms with Crippen LogP contribution in [0, 0.1) is 6.92 Å². The minimum absolute atomic E-state index is 0.0430. The maximum atomic E-state index is 12.5. The number of nitrogens with one attached hydrogen (secondary N) is 2. The van der Waals surface area contributed by atoms with Gasteiger partial charge in [-0.1, -0.05) is 6.07 Å². The second-order valence-electron chi connectivity index (χ2n) is 6.35. The molecule has 134 valence electrons. The summed E-state index contributed by atoms with van der Waals surface area (Å²) in [6, 6.07) is 7.08. The van der Waals surface area contributed by atoms with Crippen LogP contribution in [0.15, 0.2) is 35.4 Å². The highest BCUT2D eigenvalue weighted by atomic mass is 32.2. The molecule has 1 aromatic carbocycles. The summed E-state index contributed by atoms with van der Waals surface area (Å²) in [6.45, 7) is 4.13. The molecule has 1 aromatic heterocycles. The van der Waals surface area contributed by atoms with Crippen LogP contribution in [0.3, 0.4) is 0 Å². The highest BCUT2D eigenvalue weighted by molar-refractivity contribution is 7.89. The van der Waals surface area contributed by atoms with Crippen molar-refractivity contribution in [2.24, 2.45) is 0 Å². The second kappa shape index (κ2) is 6.97. The van der Waals surface area contributed by atoms with Gasteiger partial charge in [0.1, 0.15) is 0 Å². The number of rotatable bonds is 6. The smallest absolute Gasteiger partial charge is 0.240 e. The van der Waals surface area contributed by atoms with Gasteiger partial charge in [-0.05, 0) is 49.1 Å². The molecule has 0 unspecified atom stereocenters. The third-order valence-corrected chi connectivity index (χ3v) is 5.69.